The molecule has 1 saturated heterocycles. The third kappa shape index (κ3) is 2.70. The van der Waals surface area contributed by atoms with Crippen molar-refractivity contribution < 1.29 is 0 Å². The number of nitrogens with one attached hydrogen (secondary N) is 1. The van der Waals surface area contributed by atoms with E-state index in [0.717, 1.165) is 29.7 Å². The third-order valence-electron chi connectivity index (χ3n) is 3.25. The van der Waals surface area contributed by atoms with Crippen molar-refractivity contribution in [3.8, 4) is 0 Å². The number of likely N-dealkylation sites (tertiary alicyclic amines) is 1. The minimum atomic E-state index is 0.744. The summed E-state index contributed by atoms with van der Waals surface area (Å²) in [4.78, 5) is 11.1. The quantitative estimate of drug-likeness (QED) is 0.837. The van der Waals surface area contributed by atoms with Gasteiger partial charge >= 0.3 is 0 Å². The number of nitrogens with zero attached hydrogens (tertiary/aromatic N) is 3. The number of hydrogen-bond donors (Lipinski definition) is 1. The molecule has 88 valence electrons. The molecular formula is C12H20N4. The molecular weight excluding hydrogens is 200 g/mol. The van der Waals surface area contributed by atoms with Crippen LogP contribution < -0.4 is 5.32 Å². The summed E-state index contributed by atoms with van der Waals surface area (Å²) in [6.45, 7) is 7.38. The lowest BCUT2D eigenvalue weighted by molar-refractivity contribution is 0.399. The van der Waals surface area contributed by atoms with Gasteiger partial charge in [0, 0.05) is 13.1 Å². The molecule has 1 aliphatic heterocycles. The van der Waals surface area contributed by atoms with E-state index in [-0.39, 0.29) is 0 Å². The van der Waals surface area contributed by atoms with Crippen LogP contribution in [-0.4, -0.2) is 41.5 Å². The van der Waals surface area contributed by atoms with Crippen molar-refractivity contribution in [1.82, 2.24) is 14.9 Å². The first kappa shape index (κ1) is 11.3. The van der Waals surface area contributed by atoms with Crippen LogP contribution >= 0.6 is 0 Å². The molecule has 0 aromatic carbocycles. The molecule has 0 aliphatic carbocycles. The Kier molecular flexibility index (Phi) is 3.39. The molecule has 16 heavy (non-hydrogen) atoms. The second kappa shape index (κ2) is 4.78. The molecule has 0 amide bonds. The van der Waals surface area contributed by atoms with E-state index in [1.807, 2.05) is 20.0 Å². The highest BCUT2D eigenvalue weighted by Crippen LogP contribution is 2.15. The Morgan fingerprint density at radius 3 is 2.88 bits per heavy atom. The molecule has 1 aromatic rings. The molecule has 1 atom stereocenters. The monoisotopic (exact) mass is 220 g/mol. The molecule has 2 rings (SSSR count). The molecule has 1 fully saturated rings. The van der Waals surface area contributed by atoms with Gasteiger partial charge in [0.1, 0.15) is 5.82 Å². The molecule has 0 radical (unpaired) electrons. The Hall–Kier alpha value is -1.16. The molecule has 0 saturated carbocycles. The number of aromatic nitrogens is 2. The van der Waals surface area contributed by atoms with Crippen molar-refractivity contribution in [2.75, 3.05) is 32.0 Å². The highest BCUT2D eigenvalue weighted by molar-refractivity contribution is 5.33. The highest BCUT2D eigenvalue weighted by Gasteiger charge is 2.18. The summed E-state index contributed by atoms with van der Waals surface area (Å²) in [7, 11) is 2.18. The van der Waals surface area contributed by atoms with Gasteiger partial charge in [0.25, 0.3) is 0 Å². The van der Waals surface area contributed by atoms with E-state index >= 15 is 0 Å². The van der Waals surface area contributed by atoms with Crippen molar-refractivity contribution in [3.05, 3.63) is 17.6 Å². The smallest absolute Gasteiger partial charge is 0.144 e. The average molecular weight is 220 g/mol. The normalized spacial score (nSPS) is 21.3. The lowest BCUT2D eigenvalue weighted by atomic mass is 10.1. The molecule has 1 aliphatic rings. The van der Waals surface area contributed by atoms with Gasteiger partial charge in [-0.3, -0.25) is 4.98 Å². The summed E-state index contributed by atoms with van der Waals surface area (Å²) in [6.07, 6.45) is 3.10. The summed E-state index contributed by atoms with van der Waals surface area (Å²) in [5.74, 6) is 1.64. The van der Waals surface area contributed by atoms with Crippen LogP contribution in [0.5, 0.6) is 0 Å². The fraction of sp³-hybridized carbons (Fsp3) is 0.667. The second-order valence-corrected chi connectivity index (χ2v) is 4.72. The Morgan fingerprint density at radius 1 is 1.44 bits per heavy atom. The summed E-state index contributed by atoms with van der Waals surface area (Å²) < 4.78 is 0. The first-order chi connectivity index (χ1) is 7.65. The lowest BCUT2D eigenvalue weighted by Gasteiger charge is -2.12. The van der Waals surface area contributed by atoms with Gasteiger partial charge in [0.15, 0.2) is 0 Å². The van der Waals surface area contributed by atoms with Crippen LogP contribution in [0.15, 0.2) is 6.20 Å². The van der Waals surface area contributed by atoms with Gasteiger partial charge in [-0.1, -0.05) is 0 Å². The maximum absolute atomic E-state index is 4.47. The summed E-state index contributed by atoms with van der Waals surface area (Å²) in [5, 5.41) is 3.37. The number of aryl methyl sites for hydroxylation is 2. The van der Waals surface area contributed by atoms with E-state index in [1.54, 1.807) is 0 Å². The van der Waals surface area contributed by atoms with E-state index in [2.05, 4.69) is 27.2 Å². The van der Waals surface area contributed by atoms with Crippen LogP contribution in [0.25, 0.3) is 0 Å². The Labute approximate surface area is 97.1 Å². The summed E-state index contributed by atoms with van der Waals surface area (Å²) >= 11 is 0. The van der Waals surface area contributed by atoms with Gasteiger partial charge < -0.3 is 10.2 Å². The first-order valence-corrected chi connectivity index (χ1v) is 5.88. The Morgan fingerprint density at radius 2 is 2.25 bits per heavy atom. The summed E-state index contributed by atoms with van der Waals surface area (Å²) in [5.41, 5.74) is 2.01. The molecule has 4 nitrogen and oxygen atoms in total. The topological polar surface area (TPSA) is 41.1 Å². The Bertz CT molecular complexity index is 364. The molecule has 2 heterocycles. The zero-order chi connectivity index (χ0) is 11.5. The number of hydrogen-bond acceptors (Lipinski definition) is 4. The van der Waals surface area contributed by atoms with Crippen LogP contribution in [0.4, 0.5) is 5.82 Å². The average Bonchev–Trinajstić information content (AvgIpc) is 2.66. The van der Waals surface area contributed by atoms with Crippen molar-refractivity contribution in [2.24, 2.45) is 5.92 Å². The van der Waals surface area contributed by atoms with E-state index in [9.17, 15) is 0 Å². The van der Waals surface area contributed by atoms with Gasteiger partial charge in [-0.2, -0.15) is 0 Å². The largest absolute Gasteiger partial charge is 0.368 e. The predicted octanol–water partition coefficient (Wildman–Crippen LogP) is 1.46. The van der Waals surface area contributed by atoms with E-state index in [4.69, 9.17) is 0 Å². The van der Waals surface area contributed by atoms with E-state index in [0.29, 0.717) is 0 Å². The molecule has 0 spiro atoms. The molecule has 1 unspecified atom stereocenters. The van der Waals surface area contributed by atoms with E-state index < -0.39 is 0 Å². The van der Waals surface area contributed by atoms with Crippen molar-refractivity contribution in [1.29, 1.82) is 0 Å². The SMILES string of the molecule is Cc1ncc(NCC2CCN(C)C2)nc1C. The van der Waals surface area contributed by atoms with Gasteiger partial charge in [-0.25, -0.2) is 4.98 Å². The minimum absolute atomic E-state index is 0.744. The van der Waals surface area contributed by atoms with Gasteiger partial charge in [-0.15, -0.1) is 0 Å². The molecule has 1 aromatic heterocycles. The maximum atomic E-state index is 4.47. The van der Waals surface area contributed by atoms with Crippen molar-refractivity contribution in [3.63, 3.8) is 0 Å². The molecule has 0 bridgehead atoms. The zero-order valence-electron chi connectivity index (χ0n) is 10.3. The van der Waals surface area contributed by atoms with Crippen LogP contribution in [-0.2, 0) is 0 Å². The Balaban J connectivity index is 1.87. The molecule has 4 heteroatoms. The summed E-state index contributed by atoms with van der Waals surface area (Å²) in [6, 6.07) is 0. The third-order valence-corrected chi connectivity index (χ3v) is 3.25. The van der Waals surface area contributed by atoms with E-state index in [1.165, 1.54) is 19.5 Å². The van der Waals surface area contributed by atoms with Crippen LogP contribution in [0, 0.1) is 19.8 Å². The van der Waals surface area contributed by atoms with Crippen LogP contribution in [0.3, 0.4) is 0 Å². The van der Waals surface area contributed by atoms with Crippen molar-refractivity contribution >= 4 is 5.82 Å². The van der Waals surface area contributed by atoms with Crippen molar-refractivity contribution in [2.45, 2.75) is 20.3 Å². The maximum Gasteiger partial charge on any atom is 0.144 e. The fourth-order valence-corrected chi connectivity index (χ4v) is 2.07. The first-order valence-electron chi connectivity index (χ1n) is 5.88. The number of anilines is 1. The van der Waals surface area contributed by atoms with Gasteiger partial charge in [-0.05, 0) is 39.8 Å². The molecule has 1 N–H and O–H groups in total. The predicted molar refractivity (Wildman–Crippen MR) is 65.6 cm³/mol. The zero-order valence-corrected chi connectivity index (χ0v) is 10.3. The van der Waals surface area contributed by atoms with Crippen LogP contribution in [0.2, 0.25) is 0 Å². The lowest BCUT2D eigenvalue weighted by Crippen LogP contribution is -2.19. The second-order valence-electron chi connectivity index (χ2n) is 4.72. The standard InChI is InChI=1S/C12H20N4/c1-9-10(2)15-12(7-13-9)14-6-11-4-5-16(3)8-11/h7,11H,4-6,8H2,1-3H3,(H,14,15). The van der Waals surface area contributed by atoms with Crippen LogP contribution in [0.1, 0.15) is 17.8 Å². The van der Waals surface area contributed by atoms with Gasteiger partial charge in [0.05, 0.1) is 17.6 Å². The van der Waals surface area contributed by atoms with Gasteiger partial charge in [0.2, 0.25) is 0 Å². The number of rotatable bonds is 3. The fourth-order valence-electron chi connectivity index (χ4n) is 2.07. The minimum Gasteiger partial charge on any atom is -0.368 e. The highest BCUT2D eigenvalue weighted by atomic mass is 15.1.